The molecule has 0 spiro atoms. The molecule has 1 unspecified atom stereocenters. The van der Waals surface area contributed by atoms with E-state index in [2.05, 4.69) is 10.1 Å². The molecule has 0 aliphatic carbocycles. The summed E-state index contributed by atoms with van der Waals surface area (Å²) in [5.74, 6) is 0.238. The maximum absolute atomic E-state index is 12.4. The summed E-state index contributed by atoms with van der Waals surface area (Å²) in [6, 6.07) is 4.68. The number of hydrogen-bond acceptors (Lipinski definition) is 5. The fraction of sp³-hybridized carbons (Fsp3) is 0.429. The van der Waals surface area contributed by atoms with Crippen LogP contribution in [0.1, 0.15) is 25.6 Å². The molecule has 5 nitrogen and oxygen atoms in total. The van der Waals surface area contributed by atoms with Crippen LogP contribution in [0.2, 0.25) is 0 Å². The molecule has 21 heavy (non-hydrogen) atoms. The van der Waals surface area contributed by atoms with E-state index in [1.807, 2.05) is 0 Å². The van der Waals surface area contributed by atoms with Gasteiger partial charge in [0.15, 0.2) is 17.7 Å². The monoisotopic (exact) mass is 300 g/mol. The van der Waals surface area contributed by atoms with E-state index >= 15 is 0 Å². The Morgan fingerprint density at radius 2 is 2.05 bits per heavy atom. The lowest BCUT2D eigenvalue weighted by atomic mass is 10.1. The topological polar surface area (TPSA) is 65.7 Å². The van der Waals surface area contributed by atoms with Crippen LogP contribution in [-0.4, -0.2) is 19.3 Å². The normalized spacial score (nSPS) is 17.5. The first-order valence-corrected chi connectivity index (χ1v) is 6.56. The quantitative estimate of drug-likeness (QED) is 0.845. The molecule has 1 heterocycles. The second kappa shape index (κ2) is 6.62. The van der Waals surface area contributed by atoms with Gasteiger partial charge in [-0.2, -0.15) is 8.78 Å². The van der Waals surface area contributed by atoms with Crippen LogP contribution in [0.15, 0.2) is 30.2 Å². The van der Waals surface area contributed by atoms with E-state index in [-0.39, 0.29) is 17.6 Å². The summed E-state index contributed by atoms with van der Waals surface area (Å²) in [5, 5.41) is 3.07. The summed E-state index contributed by atoms with van der Waals surface area (Å²) < 4.78 is 40.2. The highest BCUT2D eigenvalue weighted by atomic mass is 19.3. The minimum atomic E-state index is -2.91. The molecule has 1 aromatic carbocycles. The smallest absolute Gasteiger partial charge is 0.387 e. The number of benzene rings is 1. The van der Waals surface area contributed by atoms with Crippen molar-refractivity contribution in [3.05, 3.63) is 35.7 Å². The number of nitrogens with one attached hydrogen (secondary N) is 1. The van der Waals surface area contributed by atoms with E-state index in [1.165, 1.54) is 12.3 Å². The van der Waals surface area contributed by atoms with Gasteiger partial charge in [-0.25, -0.2) is 0 Å². The van der Waals surface area contributed by atoms with Crippen molar-refractivity contribution in [1.29, 1.82) is 0 Å². The Hall–Kier alpha value is -2.02. The fourth-order valence-electron chi connectivity index (χ4n) is 1.88. The predicted octanol–water partition coefficient (Wildman–Crippen LogP) is 2.49. The summed E-state index contributed by atoms with van der Waals surface area (Å²) >= 11 is 0. The Labute approximate surface area is 121 Å². The van der Waals surface area contributed by atoms with Crippen molar-refractivity contribution in [1.82, 2.24) is 5.32 Å². The zero-order valence-electron chi connectivity index (χ0n) is 11.8. The van der Waals surface area contributed by atoms with Gasteiger partial charge in [-0.1, -0.05) is 0 Å². The predicted molar refractivity (Wildman–Crippen MR) is 72.9 cm³/mol. The number of hydrogen-bond donors (Lipinski definition) is 2. The van der Waals surface area contributed by atoms with Gasteiger partial charge in [0.1, 0.15) is 6.26 Å². The van der Waals surface area contributed by atoms with Crippen LogP contribution in [0.4, 0.5) is 8.78 Å². The van der Waals surface area contributed by atoms with E-state index in [0.717, 1.165) is 11.3 Å². The first-order chi connectivity index (χ1) is 9.99. The highest BCUT2D eigenvalue weighted by molar-refractivity contribution is 5.44. The fourth-order valence-corrected chi connectivity index (χ4v) is 1.88. The van der Waals surface area contributed by atoms with Crippen molar-refractivity contribution in [2.75, 3.05) is 6.54 Å². The van der Waals surface area contributed by atoms with E-state index in [9.17, 15) is 8.78 Å². The second-order valence-electron chi connectivity index (χ2n) is 4.76. The van der Waals surface area contributed by atoms with Crippen LogP contribution >= 0.6 is 0 Å². The average molecular weight is 300 g/mol. The van der Waals surface area contributed by atoms with Gasteiger partial charge in [0.25, 0.3) is 0 Å². The van der Waals surface area contributed by atoms with Gasteiger partial charge in [0.05, 0.1) is 11.8 Å². The Morgan fingerprint density at radius 1 is 1.29 bits per heavy atom. The molecule has 0 radical (unpaired) electrons. The van der Waals surface area contributed by atoms with E-state index < -0.39 is 12.8 Å². The van der Waals surface area contributed by atoms with Crippen LogP contribution < -0.4 is 20.5 Å². The molecule has 0 amide bonds. The maximum atomic E-state index is 12.4. The largest absolute Gasteiger partial charge is 0.487 e. The Bertz CT molecular complexity index is 521. The van der Waals surface area contributed by atoms with Gasteiger partial charge < -0.3 is 25.3 Å². The highest BCUT2D eigenvalue weighted by Gasteiger charge is 2.21. The summed E-state index contributed by atoms with van der Waals surface area (Å²) in [7, 11) is 0. The number of ether oxygens (including phenoxy) is 3. The lowest BCUT2D eigenvalue weighted by Gasteiger charge is -2.18. The van der Waals surface area contributed by atoms with Gasteiger partial charge in [0, 0.05) is 12.1 Å². The summed E-state index contributed by atoms with van der Waals surface area (Å²) in [6.07, 6.45) is 0.950. The molecule has 0 aromatic heterocycles. The van der Waals surface area contributed by atoms with Gasteiger partial charge in [-0.05, 0) is 32.0 Å². The molecule has 2 rings (SSSR count). The van der Waals surface area contributed by atoms with Crippen LogP contribution in [-0.2, 0) is 4.74 Å². The van der Waals surface area contributed by atoms with E-state index in [4.69, 9.17) is 15.2 Å². The molecule has 3 N–H and O–H groups in total. The Morgan fingerprint density at radius 3 is 2.62 bits per heavy atom. The number of alkyl halides is 2. The molecule has 0 fully saturated rings. The molecule has 1 aliphatic heterocycles. The molecule has 116 valence electrons. The first kappa shape index (κ1) is 15.4. The molecule has 1 aliphatic rings. The summed E-state index contributed by atoms with van der Waals surface area (Å²) in [6.45, 7) is 1.03. The zero-order valence-corrected chi connectivity index (χ0v) is 11.8. The summed E-state index contributed by atoms with van der Waals surface area (Å²) in [4.78, 5) is 0. The van der Waals surface area contributed by atoms with Crippen molar-refractivity contribution < 1.29 is 23.0 Å². The Balaban J connectivity index is 2.20. The van der Waals surface area contributed by atoms with E-state index in [0.29, 0.717) is 6.54 Å². The zero-order chi connectivity index (χ0) is 15.4. The average Bonchev–Trinajstić information content (AvgIpc) is 2.88. The van der Waals surface area contributed by atoms with Crippen LogP contribution in [0.5, 0.6) is 11.5 Å². The molecular weight excluding hydrogens is 282 g/mol. The molecule has 1 aromatic rings. The lowest BCUT2D eigenvalue weighted by Crippen LogP contribution is -2.20. The third-order valence-electron chi connectivity index (χ3n) is 2.73. The standard InChI is InChI=1S/C14H18F2N2O3/c1-8(2)20-12-5-9(3-4-11(12)21-14(15)16)13-18-10(6-17)7-19-13/h3-5,7-8,13-14,18H,6,17H2,1-2H3. The van der Waals surface area contributed by atoms with Crippen molar-refractivity contribution in [3.63, 3.8) is 0 Å². The van der Waals surface area contributed by atoms with Gasteiger partial charge in [-0.15, -0.1) is 0 Å². The summed E-state index contributed by atoms with van der Waals surface area (Å²) in [5.41, 5.74) is 7.00. The van der Waals surface area contributed by atoms with Crippen LogP contribution in [0.3, 0.4) is 0 Å². The number of nitrogens with two attached hydrogens (primary N) is 1. The van der Waals surface area contributed by atoms with Crippen LogP contribution in [0.25, 0.3) is 0 Å². The van der Waals surface area contributed by atoms with Gasteiger partial charge in [0.2, 0.25) is 0 Å². The van der Waals surface area contributed by atoms with Crippen molar-refractivity contribution >= 4 is 0 Å². The first-order valence-electron chi connectivity index (χ1n) is 6.56. The maximum Gasteiger partial charge on any atom is 0.387 e. The van der Waals surface area contributed by atoms with Gasteiger partial charge in [-0.3, -0.25) is 0 Å². The molecule has 7 heteroatoms. The van der Waals surface area contributed by atoms with Gasteiger partial charge >= 0.3 is 6.61 Å². The molecular formula is C14H18F2N2O3. The number of rotatable bonds is 6. The molecule has 0 saturated heterocycles. The van der Waals surface area contributed by atoms with E-state index in [1.54, 1.807) is 26.0 Å². The number of halogens is 2. The third kappa shape index (κ3) is 3.98. The van der Waals surface area contributed by atoms with Crippen molar-refractivity contribution in [2.45, 2.75) is 32.8 Å². The minimum absolute atomic E-state index is 0.00699. The molecule has 0 bridgehead atoms. The van der Waals surface area contributed by atoms with Crippen molar-refractivity contribution in [3.8, 4) is 11.5 Å². The second-order valence-corrected chi connectivity index (χ2v) is 4.76. The third-order valence-corrected chi connectivity index (χ3v) is 2.73. The highest BCUT2D eigenvalue weighted by Crippen LogP contribution is 2.34. The Kier molecular flexibility index (Phi) is 4.85. The lowest BCUT2D eigenvalue weighted by molar-refractivity contribution is -0.0519. The minimum Gasteiger partial charge on any atom is -0.487 e. The van der Waals surface area contributed by atoms with Crippen molar-refractivity contribution in [2.24, 2.45) is 5.73 Å². The SMILES string of the molecule is CC(C)Oc1cc(C2NC(CN)=CO2)ccc1OC(F)F. The van der Waals surface area contributed by atoms with Crippen LogP contribution in [0, 0.1) is 0 Å². The molecule has 0 saturated carbocycles. The molecule has 1 atom stereocenters.